The Morgan fingerprint density at radius 3 is 1.94 bits per heavy atom. The quantitative estimate of drug-likeness (QED) is 0.622. The fourth-order valence-electron chi connectivity index (χ4n) is 4.31. The van der Waals surface area contributed by atoms with Crippen LogP contribution in [0.3, 0.4) is 0 Å². The molecule has 1 saturated heterocycles. The third-order valence-corrected chi connectivity index (χ3v) is 7.68. The number of benzene rings is 1. The second-order valence-electron chi connectivity index (χ2n) is 9.90. The first-order valence-corrected chi connectivity index (χ1v) is 13.0. The first kappa shape index (κ1) is 24.5. The van der Waals surface area contributed by atoms with Crippen molar-refractivity contribution in [3.05, 3.63) is 29.8 Å². The van der Waals surface area contributed by atoms with Crippen LogP contribution in [0.4, 0.5) is 4.79 Å². The summed E-state index contributed by atoms with van der Waals surface area (Å²) in [7, 11) is -3.64. The number of hydrogen-bond donors (Lipinski definition) is 3. The number of likely N-dealkylation sites (tertiary alicyclic amines) is 1. The highest BCUT2D eigenvalue weighted by molar-refractivity contribution is 7.89. The van der Waals surface area contributed by atoms with Gasteiger partial charge in [-0.15, -0.1) is 0 Å². The highest BCUT2D eigenvalue weighted by Crippen LogP contribution is 2.19. The highest BCUT2D eigenvalue weighted by Gasteiger charge is 2.26. The lowest BCUT2D eigenvalue weighted by Crippen LogP contribution is -2.51. The van der Waals surface area contributed by atoms with Crippen LogP contribution in [0.5, 0.6) is 0 Å². The number of nitrogens with zero attached hydrogens (tertiary/aromatic N) is 1. The molecular weight excluding hydrogens is 428 g/mol. The Morgan fingerprint density at radius 1 is 0.875 bits per heavy atom. The maximum Gasteiger partial charge on any atom is 0.315 e. The number of nitrogens with one attached hydrogen (secondary N) is 3. The number of urea groups is 1. The van der Waals surface area contributed by atoms with E-state index in [1.165, 1.54) is 31.4 Å². The summed E-state index contributed by atoms with van der Waals surface area (Å²) in [5.41, 5.74) is -0.125. The molecule has 1 aromatic rings. The Balaban J connectivity index is 1.49. The van der Waals surface area contributed by atoms with E-state index in [2.05, 4.69) is 15.4 Å². The maximum atomic E-state index is 12.8. The van der Waals surface area contributed by atoms with Gasteiger partial charge in [-0.2, -0.15) is 0 Å². The zero-order chi connectivity index (χ0) is 23.4. The minimum atomic E-state index is -3.64. The Morgan fingerprint density at radius 2 is 1.41 bits per heavy atom. The van der Waals surface area contributed by atoms with Gasteiger partial charge in [-0.3, -0.25) is 4.79 Å². The second-order valence-corrected chi connectivity index (χ2v) is 11.6. The van der Waals surface area contributed by atoms with E-state index in [0.29, 0.717) is 31.5 Å². The molecule has 2 aliphatic rings. The van der Waals surface area contributed by atoms with E-state index in [0.717, 1.165) is 12.8 Å². The van der Waals surface area contributed by atoms with E-state index in [1.807, 2.05) is 0 Å². The molecule has 1 aliphatic carbocycles. The maximum absolute atomic E-state index is 12.8. The number of sulfonamides is 1. The summed E-state index contributed by atoms with van der Waals surface area (Å²) >= 11 is 0. The number of hydrogen-bond acceptors (Lipinski definition) is 4. The summed E-state index contributed by atoms with van der Waals surface area (Å²) in [6.07, 6.45) is 7.09. The zero-order valence-corrected chi connectivity index (χ0v) is 20.1. The van der Waals surface area contributed by atoms with Crippen molar-refractivity contribution in [2.75, 3.05) is 13.1 Å². The van der Waals surface area contributed by atoms with Crippen molar-refractivity contribution in [3.8, 4) is 0 Å². The van der Waals surface area contributed by atoms with Crippen LogP contribution in [0.15, 0.2) is 29.2 Å². The molecule has 0 radical (unpaired) electrons. The van der Waals surface area contributed by atoms with Crippen LogP contribution >= 0.6 is 0 Å². The predicted octanol–water partition coefficient (Wildman–Crippen LogP) is 3.00. The Kier molecular flexibility index (Phi) is 7.82. The van der Waals surface area contributed by atoms with Crippen LogP contribution in [-0.4, -0.2) is 56.0 Å². The number of rotatable bonds is 5. The van der Waals surface area contributed by atoms with Crippen LogP contribution < -0.4 is 15.4 Å². The van der Waals surface area contributed by atoms with Crippen LogP contribution in [0.25, 0.3) is 0 Å². The van der Waals surface area contributed by atoms with Crippen LogP contribution in [0.1, 0.15) is 76.1 Å². The van der Waals surface area contributed by atoms with Gasteiger partial charge in [-0.05, 0) is 70.7 Å². The topological polar surface area (TPSA) is 108 Å². The van der Waals surface area contributed by atoms with E-state index in [9.17, 15) is 18.0 Å². The minimum Gasteiger partial charge on any atom is -0.338 e. The van der Waals surface area contributed by atoms with E-state index in [4.69, 9.17) is 0 Å². The molecule has 178 valence electrons. The number of piperidine rings is 1. The molecule has 0 bridgehead atoms. The summed E-state index contributed by atoms with van der Waals surface area (Å²) in [5.74, 6) is -0.122. The van der Waals surface area contributed by atoms with E-state index < -0.39 is 15.6 Å². The molecule has 32 heavy (non-hydrogen) atoms. The van der Waals surface area contributed by atoms with Gasteiger partial charge >= 0.3 is 6.03 Å². The Bertz CT molecular complexity index is 895. The molecule has 1 aromatic carbocycles. The number of amides is 3. The molecule has 0 spiro atoms. The van der Waals surface area contributed by atoms with Gasteiger partial charge in [0.25, 0.3) is 5.91 Å². The highest BCUT2D eigenvalue weighted by atomic mass is 32.2. The van der Waals surface area contributed by atoms with Gasteiger partial charge < -0.3 is 15.5 Å². The average Bonchev–Trinajstić information content (AvgIpc) is 2.73. The van der Waals surface area contributed by atoms with Gasteiger partial charge in [0.05, 0.1) is 4.90 Å². The fraction of sp³-hybridized carbons (Fsp3) is 0.652. The largest absolute Gasteiger partial charge is 0.338 e. The molecule has 3 rings (SSSR count). The SMILES string of the molecule is CC(C)(C)NS(=O)(=O)c1ccc(C(=O)N2CCC(NC(=O)NC3CCCCC3)CC2)cc1. The Hall–Kier alpha value is -2.13. The third kappa shape index (κ3) is 6.93. The van der Waals surface area contributed by atoms with Crippen molar-refractivity contribution in [2.24, 2.45) is 0 Å². The van der Waals surface area contributed by atoms with Crippen molar-refractivity contribution >= 4 is 22.0 Å². The lowest BCUT2D eigenvalue weighted by Gasteiger charge is -2.33. The van der Waals surface area contributed by atoms with Crippen molar-refractivity contribution in [1.29, 1.82) is 0 Å². The summed E-state index contributed by atoms with van der Waals surface area (Å²) in [4.78, 5) is 27.0. The molecule has 9 heteroatoms. The summed E-state index contributed by atoms with van der Waals surface area (Å²) in [6, 6.07) is 6.26. The first-order valence-electron chi connectivity index (χ1n) is 11.5. The van der Waals surface area contributed by atoms with Gasteiger partial charge in [0.2, 0.25) is 10.0 Å². The summed E-state index contributed by atoms with van der Waals surface area (Å²) in [6.45, 7) is 6.44. The molecule has 2 fully saturated rings. The zero-order valence-electron chi connectivity index (χ0n) is 19.3. The van der Waals surface area contributed by atoms with Crippen molar-refractivity contribution < 1.29 is 18.0 Å². The lowest BCUT2D eigenvalue weighted by atomic mass is 9.96. The number of carbonyl (C=O) groups is 2. The van der Waals surface area contributed by atoms with E-state index in [-0.39, 0.29) is 28.9 Å². The van der Waals surface area contributed by atoms with Gasteiger partial charge in [-0.1, -0.05) is 19.3 Å². The molecule has 1 saturated carbocycles. The van der Waals surface area contributed by atoms with Crippen LogP contribution in [0.2, 0.25) is 0 Å². The van der Waals surface area contributed by atoms with Crippen molar-refractivity contribution in [1.82, 2.24) is 20.3 Å². The van der Waals surface area contributed by atoms with E-state index >= 15 is 0 Å². The summed E-state index contributed by atoms with van der Waals surface area (Å²) < 4.78 is 27.5. The second kappa shape index (κ2) is 10.2. The molecule has 0 unspecified atom stereocenters. The van der Waals surface area contributed by atoms with Gasteiger partial charge in [-0.25, -0.2) is 17.9 Å². The average molecular weight is 465 g/mol. The van der Waals surface area contributed by atoms with Gasteiger partial charge in [0, 0.05) is 36.3 Å². The van der Waals surface area contributed by atoms with Crippen LogP contribution in [0, 0.1) is 0 Å². The predicted molar refractivity (Wildman–Crippen MR) is 124 cm³/mol. The molecule has 3 N–H and O–H groups in total. The molecule has 1 aliphatic heterocycles. The smallest absolute Gasteiger partial charge is 0.315 e. The third-order valence-electron chi connectivity index (χ3n) is 5.91. The molecule has 0 atom stereocenters. The molecule has 3 amide bonds. The van der Waals surface area contributed by atoms with Crippen molar-refractivity contribution in [3.63, 3.8) is 0 Å². The number of carbonyl (C=O) groups excluding carboxylic acids is 2. The molecule has 8 nitrogen and oxygen atoms in total. The van der Waals surface area contributed by atoms with E-state index in [1.54, 1.807) is 37.8 Å². The first-order chi connectivity index (χ1) is 15.0. The van der Waals surface area contributed by atoms with Gasteiger partial charge in [0.15, 0.2) is 0 Å². The normalized spacial score (nSPS) is 18.9. The minimum absolute atomic E-state index is 0.0543. The molecule has 1 heterocycles. The van der Waals surface area contributed by atoms with Gasteiger partial charge in [0.1, 0.15) is 0 Å². The Labute approximate surface area is 191 Å². The molecular formula is C23H36N4O4S. The molecule has 0 aromatic heterocycles. The van der Waals surface area contributed by atoms with Crippen molar-refractivity contribution in [2.45, 2.75) is 88.2 Å². The standard InChI is InChI=1S/C23H36N4O4S/c1-23(2,3)26-32(30,31)20-11-9-17(10-12-20)21(28)27-15-13-19(14-16-27)25-22(29)24-18-7-5-4-6-8-18/h9-12,18-19,26H,4-8,13-16H2,1-3H3,(H2,24,25,29). The monoisotopic (exact) mass is 464 g/mol. The fourth-order valence-corrected chi connectivity index (χ4v) is 5.73. The summed E-state index contributed by atoms with van der Waals surface area (Å²) in [5, 5.41) is 6.12. The van der Waals surface area contributed by atoms with Crippen LogP contribution in [-0.2, 0) is 10.0 Å². The lowest BCUT2D eigenvalue weighted by molar-refractivity contribution is 0.0708.